The Labute approximate surface area is 141 Å². The molecule has 0 aromatic heterocycles. The van der Waals surface area contributed by atoms with Crippen molar-refractivity contribution in [3.05, 3.63) is 0 Å². The van der Waals surface area contributed by atoms with Crippen LogP contribution < -0.4 is 5.32 Å². The molecule has 4 nitrogen and oxygen atoms in total. The summed E-state index contributed by atoms with van der Waals surface area (Å²) in [6.07, 6.45) is 8.54. The first-order valence-corrected chi connectivity index (χ1v) is 9.74. The number of guanidine groups is 1. The van der Waals surface area contributed by atoms with Crippen LogP contribution in [-0.4, -0.2) is 49.7 Å². The van der Waals surface area contributed by atoms with Crippen molar-refractivity contribution in [3.8, 4) is 0 Å². The number of hydrogen-bond donors (Lipinski definition) is 1. The number of fused-ring (bicyclic) bond motifs is 2. The Morgan fingerprint density at radius 1 is 1.17 bits per heavy atom. The molecule has 23 heavy (non-hydrogen) atoms. The topological polar surface area (TPSA) is 36.9 Å². The van der Waals surface area contributed by atoms with Gasteiger partial charge in [0.25, 0.3) is 0 Å². The van der Waals surface area contributed by atoms with Crippen molar-refractivity contribution in [1.29, 1.82) is 0 Å². The molecule has 0 aromatic rings. The second-order valence-electron chi connectivity index (χ2n) is 8.70. The van der Waals surface area contributed by atoms with Gasteiger partial charge in [-0.15, -0.1) is 0 Å². The van der Waals surface area contributed by atoms with Gasteiger partial charge in [-0.3, -0.25) is 4.99 Å². The quantitative estimate of drug-likeness (QED) is 0.596. The monoisotopic (exact) mass is 319 g/mol. The third-order valence-electron chi connectivity index (χ3n) is 6.95. The molecule has 4 rings (SSSR count). The van der Waals surface area contributed by atoms with Gasteiger partial charge in [0, 0.05) is 44.1 Å². The highest BCUT2D eigenvalue weighted by molar-refractivity contribution is 5.80. The van der Waals surface area contributed by atoms with Crippen LogP contribution in [0, 0.1) is 23.2 Å². The Morgan fingerprint density at radius 3 is 2.52 bits per heavy atom. The van der Waals surface area contributed by atoms with E-state index >= 15 is 0 Å². The van der Waals surface area contributed by atoms with Crippen LogP contribution in [0.2, 0.25) is 0 Å². The molecule has 0 amide bonds. The lowest BCUT2D eigenvalue weighted by Gasteiger charge is -2.57. The van der Waals surface area contributed by atoms with Crippen LogP contribution in [0.1, 0.15) is 52.4 Å². The molecule has 1 N–H and O–H groups in total. The molecular formula is C19H33N3O. The Hall–Kier alpha value is -0.770. The second kappa shape index (κ2) is 5.94. The number of piperidine rings is 1. The van der Waals surface area contributed by atoms with Crippen LogP contribution in [0.4, 0.5) is 0 Å². The van der Waals surface area contributed by atoms with E-state index in [0.29, 0.717) is 23.5 Å². The molecule has 4 aliphatic rings. The highest BCUT2D eigenvalue weighted by Crippen LogP contribution is 2.60. The highest BCUT2D eigenvalue weighted by Gasteiger charge is 2.65. The van der Waals surface area contributed by atoms with Crippen LogP contribution >= 0.6 is 0 Å². The fourth-order valence-corrected chi connectivity index (χ4v) is 6.18. The molecule has 2 saturated carbocycles. The zero-order chi connectivity index (χ0) is 16.0. The Balaban J connectivity index is 1.49. The molecule has 5 unspecified atom stereocenters. The lowest BCUT2D eigenvalue weighted by molar-refractivity contribution is -0.125. The number of hydrogen-bond acceptors (Lipinski definition) is 2. The normalized spacial score (nSPS) is 42.7. The van der Waals surface area contributed by atoms with Gasteiger partial charge in [-0.25, -0.2) is 0 Å². The van der Waals surface area contributed by atoms with E-state index in [1.54, 1.807) is 0 Å². The van der Waals surface area contributed by atoms with Crippen molar-refractivity contribution < 1.29 is 4.74 Å². The smallest absolute Gasteiger partial charge is 0.193 e. The summed E-state index contributed by atoms with van der Waals surface area (Å²) >= 11 is 0. The van der Waals surface area contributed by atoms with Crippen molar-refractivity contribution in [2.24, 2.45) is 28.2 Å². The first-order valence-electron chi connectivity index (χ1n) is 9.74. The Bertz CT molecular complexity index is 461. The predicted molar refractivity (Wildman–Crippen MR) is 93.5 cm³/mol. The van der Waals surface area contributed by atoms with Crippen molar-refractivity contribution >= 4 is 5.96 Å². The van der Waals surface area contributed by atoms with Gasteiger partial charge in [-0.1, -0.05) is 26.7 Å². The van der Waals surface area contributed by atoms with E-state index in [2.05, 4.69) is 29.1 Å². The minimum atomic E-state index is 0.407. The average molecular weight is 319 g/mol. The van der Waals surface area contributed by atoms with E-state index in [9.17, 15) is 0 Å². The highest BCUT2D eigenvalue weighted by atomic mass is 16.5. The largest absolute Gasteiger partial charge is 0.377 e. The number of nitrogens with one attached hydrogen (secondary N) is 1. The average Bonchev–Trinajstić information content (AvgIpc) is 3.15. The van der Waals surface area contributed by atoms with Crippen LogP contribution in [0.25, 0.3) is 0 Å². The Morgan fingerprint density at radius 2 is 1.87 bits per heavy atom. The third-order valence-corrected chi connectivity index (χ3v) is 6.95. The van der Waals surface area contributed by atoms with Gasteiger partial charge in [0.15, 0.2) is 5.96 Å². The van der Waals surface area contributed by atoms with Gasteiger partial charge >= 0.3 is 0 Å². The molecule has 4 heteroatoms. The summed E-state index contributed by atoms with van der Waals surface area (Å²) in [5.41, 5.74) is 0.407. The van der Waals surface area contributed by atoms with Crippen LogP contribution in [0.3, 0.4) is 0 Å². The first kappa shape index (κ1) is 15.7. The molecule has 130 valence electrons. The lowest BCUT2D eigenvalue weighted by Crippen LogP contribution is -2.69. The molecule has 0 bridgehead atoms. The van der Waals surface area contributed by atoms with Crippen molar-refractivity contribution in [3.63, 3.8) is 0 Å². The summed E-state index contributed by atoms with van der Waals surface area (Å²) < 4.78 is 6.12. The van der Waals surface area contributed by atoms with Crippen LogP contribution in [0.5, 0.6) is 0 Å². The maximum atomic E-state index is 6.12. The number of ether oxygens (including phenoxy) is 1. The molecule has 2 aliphatic carbocycles. The fourth-order valence-electron chi connectivity index (χ4n) is 6.18. The molecule has 0 radical (unpaired) electrons. The van der Waals surface area contributed by atoms with E-state index in [4.69, 9.17) is 4.74 Å². The molecule has 4 fully saturated rings. The molecule has 5 atom stereocenters. The Kier molecular flexibility index (Phi) is 4.07. The van der Waals surface area contributed by atoms with Gasteiger partial charge in [-0.05, 0) is 37.5 Å². The fraction of sp³-hybridized carbons (Fsp3) is 0.947. The molecule has 2 heterocycles. The summed E-state index contributed by atoms with van der Waals surface area (Å²) in [6.45, 7) is 8.01. The van der Waals surface area contributed by atoms with Gasteiger partial charge in [0.1, 0.15) is 0 Å². The maximum absolute atomic E-state index is 6.12. The minimum absolute atomic E-state index is 0.407. The molecular weight excluding hydrogens is 286 g/mol. The molecule has 2 aliphatic heterocycles. The van der Waals surface area contributed by atoms with E-state index < -0.39 is 0 Å². The lowest BCUT2D eigenvalue weighted by atomic mass is 9.54. The van der Waals surface area contributed by atoms with E-state index in [-0.39, 0.29) is 0 Å². The number of rotatable bonds is 1. The SMILES string of the molecule is CN=C(NC1C2CCOC2C12CCCC2)N1CC(C)CC(C)C1. The molecule has 0 aromatic carbocycles. The summed E-state index contributed by atoms with van der Waals surface area (Å²) in [5, 5.41) is 3.91. The van der Waals surface area contributed by atoms with Gasteiger partial charge in [-0.2, -0.15) is 0 Å². The summed E-state index contributed by atoms with van der Waals surface area (Å²) in [4.78, 5) is 7.17. The van der Waals surface area contributed by atoms with Gasteiger partial charge in [0.2, 0.25) is 0 Å². The van der Waals surface area contributed by atoms with Gasteiger partial charge in [0.05, 0.1) is 6.10 Å². The van der Waals surface area contributed by atoms with E-state index in [1.165, 1.54) is 38.5 Å². The second-order valence-corrected chi connectivity index (χ2v) is 8.70. The number of aliphatic imine (C=N–C) groups is 1. The molecule has 1 spiro atoms. The van der Waals surface area contributed by atoms with E-state index in [0.717, 1.165) is 37.5 Å². The van der Waals surface area contributed by atoms with E-state index in [1.807, 2.05) is 7.05 Å². The first-order chi connectivity index (χ1) is 11.1. The number of likely N-dealkylation sites (tertiary alicyclic amines) is 1. The van der Waals surface area contributed by atoms with Crippen molar-refractivity contribution in [2.75, 3.05) is 26.7 Å². The molecule has 2 saturated heterocycles. The standard InChI is InChI=1S/C19H33N3O/c1-13-10-14(2)12-22(11-13)18(20-3)21-16-15-6-9-23-17(15)19(16)7-4-5-8-19/h13-17H,4-12H2,1-3H3,(H,20,21). The van der Waals surface area contributed by atoms with Crippen molar-refractivity contribution in [1.82, 2.24) is 10.2 Å². The van der Waals surface area contributed by atoms with Crippen molar-refractivity contribution in [2.45, 2.75) is 64.5 Å². The van der Waals surface area contributed by atoms with Crippen LogP contribution in [-0.2, 0) is 4.74 Å². The maximum Gasteiger partial charge on any atom is 0.193 e. The number of nitrogens with zero attached hydrogens (tertiary/aromatic N) is 2. The van der Waals surface area contributed by atoms with Gasteiger partial charge < -0.3 is 15.0 Å². The predicted octanol–water partition coefficient (Wildman–Crippen LogP) is 2.89. The summed E-state index contributed by atoms with van der Waals surface area (Å²) in [7, 11) is 1.95. The van der Waals surface area contributed by atoms with Crippen LogP contribution in [0.15, 0.2) is 4.99 Å². The summed E-state index contributed by atoms with van der Waals surface area (Å²) in [6, 6.07) is 0.587. The zero-order valence-electron chi connectivity index (χ0n) is 15.1. The minimum Gasteiger partial charge on any atom is -0.377 e. The summed E-state index contributed by atoms with van der Waals surface area (Å²) in [5.74, 6) is 3.39. The third kappa shape index (κ3) is 2.48. The zero-order valence-corrected chi connectivity index (χ0v) is 15.1.